The van der Waals surface area contributed by atoms with Crippen molar-refractivity contribution in [3.8, 4) is 0 Å². The molecular formula is C31H58AlLiN6O7S. The molecule has 1 saturated carbocycles. The molecule has 13 fully saturated rings. The summed E-state index contributed by atoms with van der Waals surface area (Å²) in [5.74, 6) is 9.69. The first-order chi connectivity index (χ1) is 21.6. The Bertz CT molecular complexity index is 1070. The largest absolute Gasteiger partial charge is 1.00 e. The van der Waals surface area contributed by atoms with Crippen LogP contribution >= 0.6 is 0 Å². The smallest absolute Gasteiger partial charge is 1.00 e. The molecular weight excluding hydrogens is 634 g/mol. The van der Waals surface area contributed by atoms with E-state index in [1.54, 1.807) is 0 Å². The summed E-state index contributed by atoms with van der Waals surface area (Å²) in [5, 5.41) is 6.78. The molecule has 1 amide bonds. The second kappa shape index (κ2) is 17.9. The molecule has 12 bridgehead atoms. The first kappa shape index (κ1) is 39.7. The summed E-state index contributed by atoms with van der Waals surface area (Å²) in [6, 6.07) is 1.30. The quantitative estimate of drug-likeness (QED) is 0.120. The van der Waals surface area contributed by atoms with Gasteiger partial charge in [-0.15, -0.1) is 0 Å². The number of hydrogen-bond donors (Lipinski definition) is 4. The van der Waals surface area contributed by atoms with Crippen LogP contribution < -0.4 is 35.4 Å². The molecule has 13 aliphatic rings. The Morgan fingerprint density at radius 2 is 1.19 bits per heavy atom. The van der Waals surface area contributed by atoms with Gasteiger partial charge in [-0.2, -0.15) is 18.6 Å². The average Bonchev–Trinajstić information content (AvgIpc) is 3.44. The molecule has 12 aliphatic heterocycles. The van der Waals surface area contributed by atoms with Gasteiger partial charge in [0.05, 0.1) is 5.92 Å². The van der Waals surface area contributed by atoms with Gasteiger partial charge < -0.3 is 31.5 Å². The third-order valence-electron chi connectivity index (χ3n) is 11.4. The van der Waals surface area contributed by atoms with E-state index in [4.69, 9.17) is 9.29 Å². The number of piperidine rings is 7. The Kier molecular flexibility index (Phi) is 15.1. The Labute approximate surface area is 304 Å². The van der Waals surface area contributed by atoms with Crippen molar-refractivity contribution in [1.82, 2.24) is 25.3 Å². The number of nitrogens with two attached hydrogens (primary N) is 1. The minimum absolute atomic E-state index is 0. The maximum absolute atomic E-state index is 11.5. The first-order valence-corrected chi connectivity index (χ1v) is 18.6. The number of ether oxygens (including phenoxy) is 1. The molecule has 12 saturated heterocycles. The van der Waals surface area contributed by atoms with E-state index in [1.807, 2.05) is 0 Å². The molecule has 5 N–H and O–H groups in total. The van der Waals surface area contributed by atoms with Crippen LogP contribution in [0.25, 0.3) is 0 Å². The van der Waals surface area contributed by atoms with E-state index in [1.165, 1.54) is 84.2 Å². The summed E-state index contributed by atoms with van der Waals surface area (Å²) in [6.07, 6.45) is 10.3. The average molecular weight is 693 g/mol. The van der Waals surface area contributed by atoms with Crippen LogP contribution in [0.3, 0.4) is 0 Å². The van der Waals surface area contributed by atoms with Crippen LogP contribution in [0.1, 0.15) is 52.8 Å². The molecule has 0 spiro atoms. The van der Waals surface area contributed by atoms with Gasteiger partial charge in [0.1, 0.15) is 5.78 Å². The number of nitrogens with zero attached hydrogens (tertiary/aromatic N) is 3. The summed E-state index contributed by atoms with van der Waals surface area (Å²) in [6.45, 7) is 14.2. The summed E-state index contributed by atoms with van der Waals surface area (Å²) >= 11 is 0. The Morgan fingerprint density at radius 1 is 0.723 bits per heavy atom. The van der Waals surface area contributed by atoms with Crippen molar-refractivity contribution in [3.63, 3.8) is 0 Å². The Hall–Kier alpha value is -0.100. The van der Waals surface area contributed by atoms with Gasteiger partial charge in [0.2, 0.25) is 5.91 Å². The molecule has 0 aromatic heterocycles. The molecule has 1 aliphatic carbocycles. The molecule has 13 rings (SSSR count). The van der Waals surface area contributed by atoms with Gasteiger partial charge in [0.25, 0.3) is 0 Å². The molecule has 264 valence electrons. The Morgan fingerprint density at radius 3 is 1.72 bits per heavy atom. The minimum Gasteiger partial charge on any atom is -1.00 e. The number of rotatable bonds is 1. The number of fused-ring (bicyclic) bond motifs is 2. The molecule has 12 heterocycles. The SMILES string of the molecule is C1CCOC1.C1NC2CC3CC1CN(C3)C2.NOS(=O)(=O)O.O=C1C2CC3CC1CN(C3)C2.O=C1NC2CC3CC1CN(C3)C2.[AlH3].[H-].[Li+]. The second-order valence-corrected chi connectivity index (χ2v) is 16.2. The number of carbonyl (C=O) groups is 2. The number of hydrogen-bond acceptors (Lipinski definition) is 11. The molecule has 10 atom stereocenters. The van der Waals surface area contributed by atoms with Crippen molar-refractivity contribution in [2.24, 2.45) is 47.3 Å². The zero-order valence-corrected chi connectivity index (χ0v) is 28.4. The van der Waals surface area contributed by atoms with E-state index in [-0.39, 0.29) is 37.6 Å². The molecule has 47 heavy (non-hydrogen) atoms. The fourth-order valence-electron chi connectivity index (χ4n) is 9.85. The maximum Gasteiger partial charge on any atom is 1.00 e. The molecule has 10 unspecified atom stereocenters. The molecule has 0 aromatic carbocycles. The van der Waals surface area contributed by atoms with E-state index in [0.29, 0.717) is 35.5 Å². The summed E-state index contributed by atoms with van der Waals surface area (Å²) in [7, 11) is -4.38. The van der Waals surface area contributed by atoms with E-state index in [0.717, 1.165) is 75.5 Å². The van der Waals surface area contributed by atoms with Crippen molar-refractivity contribution in [3.05, 3.63) is 0 Å². The zero-order chi connectivity index (χ0) is 31.6. The standard InChI is InChI=1S/C9H14N2O.C9H16N2.C9H13NO.C4H8O.Al.Li.H3NO4S.4H/c12-9-7-1-6-2-8(10-9)5-11(3-6)4-7;1-7-2-9-6-11(4-7)5-8(1)3-10-9;11-9-7-1-6-2-8(9)5-10(3-6)4-7;1-2-4-5-3-1;;;1-5-6(2,3)4;;;;/h6-8H,1-5H2,(H,10,12);7-10H,1-6H2;6-8H,1-5H2;1-4H2;;;1H2,(H,2,3,4);;;;/q;;;;;+1;;;;;-1. The fourth-order valence-corrected chi connectivity index (χ4v) is 9.85. The van der Waals surface area contributed by atoms with Gasteiger partial charge in [0, 0.05) is 96.0 Å². The van der Waals surface area contributed by atoms with Gasteiger partial charge in [-0.05, 0) is 81.6 Å². The van der Waals surface area contributed by atoms with Gasteiger partial charge in [-0.3, -0.25) is 14.1 Å². The van der Waals surface area contributed by atoms with Crippen molar-refractivity contribution in [2.45, 2.75) is 63.5 Å². The number of Topliss-reactive ketones (excluding diaryl/α,β-unsaturated/α-hetero) is 1. The van der Waals surface area contributed by atoms with Gasteiger partial charge in [0.15, 0.2) is 17.4 Å². The zero-order valence-electron chi connectivity index (χ0n) is 28.6. The van der Waals surface area contributed by atoms with Crippen LogP contribution in [-0.2, 0) is 29.0 Å². The summed E-state index contributed by atoms with van der Waals surface area (Å²) < 4.78 is 33.8. The van der Waals surface area contributed by atoms with Crippen molar-refractivity contribution < 1.29 is 51.9 Å². The van der Waals surface area contributed by atoms with Crippen LogP contribution in [0.15, 0.2) is 0 Å². The fraction of sp³-hybridized carbons (Fsp3) is 0.935. The van der Waals surface area contributed by atoms with Crippen molar-refractivity contribution in [1.29, 1.82) is 0 Å². The third kappa shape index (κ3) is 11.2. The van der Waals surface area contributed by atoms with Crippen LogP contribution in [0, 0.1) is 41.4 Å². The Balaban J connectivity index is 0.000000166. The summed E-state index contributed by atoms with van der Waals surface area (Å²) in [4.78, 5) is 30.7. The number of ketones is 1. The maximum atomic E-state index is 11.5. The van der Waals surface area contributed by atoms with Crippen LogP contribution in [0.5, 0.6) is 0 Å². The van der Waals surface area contributed by atoms with E-state index in [2.05, 4.69) is 35.5 Å². The monoisotopic (exact) mass is 692 g/mol. The van der Waals surface area contributed by atoms with Crippen molar-refractivity contribution in [2.75, 3.05) is 78.7 Å². The van der Waals surface area contributed by atoms with E-state index >= 15 is 0 Å². The number of carbonyl (C=O) groups excluding carboxylic acids is 2. The van der Waals surface area contributed by atoms with Crippen LogP contribution in [0.4, 0.5) is 0 Å². The molecule has 13 nitrogen and oxygen atoms in total. The predicted molar refractivity (Wildman–Crippen MR) is 178 cm³/mol. The van der Waals surface area contributed by atoms with Gasteiger partial charge in [-0.25, -0.2) is 0 Å². The van der Waals surface area contributed by atoms with Crippen LogP contribution in [0.2, 0.25) is 0 Å². The minimum atomic E-state index is -4.38. The van der Waals surface area contributed by atoms with Gasteiger partial charge in [-0.1, -0.05) is 0 Å². The number of amides is 1. The molecule has 0 radical (unpaired) electrons. The topological polar surface area (TPSA) is 167 Å². The molecule has 16 heteroatoms. The van der Waals surface area contributed by atoms with Gasteiger partial charge >= 0.3 is 29.3 Å². The van der Waals surface area contributed by atoms with Crippen molar-refractivity contribution >= 4 is 39.5 Å². The number of nitrogens with one attached hydrogen (secondary N) is 2. The third-order valence-corrected chi connectivity index (χ3v) is 11.6. The predicted octanol–water partition coefficient (Wildman–Crippen LogP) is -3.94. The molecule has 0 aromatic rings. The summed E-state index contributed by atoms with van der Waals surface area (Å²) in [5.41, 5.74) is 0. The second-order valence-electron chi connectivity index (χ2n) is 15.2. The van der Waals surface area contributed by atoms with Crippen LogP contribution in [-0.4, -0.2) is 147 Å². The van der Waals surface area contributed by atoms with E-state index in [9.17, 15) is 18.0 Å². The first-order valence-electron chi connectivity index (χ1n) is 17.3. The van der Waals surface area contributed by atoms with E-state index < -0.39 is 10.4 Å². The normalized spacial score (nSPS) is 42.3.